The fourth-order valence-electron chi connectivity index (χ4n) is 3.37. The largest absolute Gasteiger partial charge is 0.466 e. The second kappa shape index (κ2) is 7.75. The van der Waals surface area contributed by atoms with Crippen LogP contribution in [0.1, 0.15) is 62.8 Å². The maximum absolute atomic E-state index is 12.0. The molecule has 0 bridgehead atoms. The Kier molecular flexibility index (Phi) is 6.26. The molecule has 1 aromatic rings. The summed E-state index contributed by atoms with van der Waals surface area (Å²) in [5, 5.41) is 0. The third-order valence-corrected chi connectivity index (χ3v) is 6.11. The molecule has 1 fully saturated rings. The molecule has 1 unspecified atom stereocenters. The number of ether oxygens (including phenoxy) is 1. The molecule has 118 valence electrons. The van der Waals surface area contributed by atoms with Gasteiger partial charge in [0.2, 0.25) is 0 Å². The number of hydrogen-bond acceptors (Lipinski definition) is 4. The van der Waals surface area contributed by atoms with E-state index < -0.39 is 0 Å². The molecule has 1 saturated carbocycles. The van der Waals surface area contributed by atoms with Crippen molar-refractivity contribution in [1.29, 1.82) is 0 Å². The average molecular weight is 374 g/mol. The van der Waals surface area contributed by atoms with Crippen molar-refractivity contribution in [2.45, 2.75) is 57.9 Å². The lowest BCUT2D eigenvalue weighted by Crippen LogP contribution is -2.32. The zero-order chi connectivity index (χ0) is 15.3. The highest BCUT2D eigenvalue weighted by molar-refractivity contribution is 9.11. The molecule has 1 aliphatic carbocycles. The SMILES string of the molecule is CCOC(=O)CC1(CC(N)c2ccc(Br)s2)CCCCC1. The summed E-state index contributed by atoms with van der Waals surface area (Å²) in [6, 6.07) is 4.13. The number of rotatable bonds is 6. The van der Waals surface area contributed by atoms with E-state index in [0.717, 1.165) is 23.0 Å². The lowest BCUT2D eigenvalue weighted by molar-refractivity contribution is -0.146. The van der Waals surface area contributed by atoms with Crippen molar-refractivity contribution in [3.05, 3.63) is 20.8 Å². The smallest absolute Gasteiger partial charge is 0.306 e. The van der Waals surface area contributed by atoms with E-state index in [1.807, 2.05) is 13.0 Å². The predicted molar refractivity (Wildman–Crippen MR) is 90.3 cm³/mol. The molecule has 1 aliphatic rings. The van der Waals surface area contributed by atoms with E-state index in [2.05, 4.69) is 22.0 Å². The van der Waals surface area contributed by atoms with E-state index in [1.54, 1.807) is 11.3 Å². The van der Waals surface area contributed by atoms with Gasteiger partial charge >= 0.3 is 5.97 Å². The first kappa shape index (κ1) is 17.0. The second-order valence-corrected chi connectivity index (χ2v) is 8.49. The molecule has 0 aliphatic heterocycles. The molecule has 1 aromatic heterocycles. The van der Waals surface area contributed by atoms with Crippen molar-refractivity contribution < 1.29 is 9.53 Å². The second-order valence-electron chi connectivity index (χ2n) is 5.99. The molecule has 2 N–H and O–H groups in total. The Morgan fingerprint density at radius 2 is 2.14 bits per heavy atom. The van der Waals surface area contributed by atoms with E-state index >= 15 is 0 Å². The van der Waals surface area contributed by atoms with Crippen LogP contribution in [-0.4, -0.2) is 12.6 Å². The minimum Gasteiger partial charge on any atom is -0.466 e. The molecule has 1 heterocycles. The number of carbonyl (C=O) groups is 1. The fourth-order valence-corrected chi connectivity index (χ4v) is 4.79. The monoisotopic (exact) mass is 373 g/mol. The van der Waals surface area contributed by atoms with Crippen LogP contribution in [0.15, 0.2) is 15.9 Å². The van der Waals surface area contributed by atoms with Crippen LogP contribution in [0.2, 0.25) is 0 Å². The summed E-state index contributed by atoms with van der Waals surface area (Å²) in [7, 11) is 0. The first-order valence-corrected chi connectivity index (χ1v) is 9.32. The van der Waals surface area contributed by atoms with Gasteiger partial charge in [-0.15, -0.1) is 11.3 Å². The highest BCUT2D eigenvalue weighted by Gasteiger charge is 2.36. The summed E-state index contributed by atoms with van der Waals surface area (Å²) in [6.45, 7) is 2.32. The first-order chi connectivity index (χ1) is 10.0. The molecule has 0 amide bonds. The molecular formula is C16H24BrNO2S. The highest BCUT2D eigenvalue weighted by Crippen LogP contribution is 2.46. The summed E-state index contributed by atoms with van der Waals surface area (Å²) in [6.07, 6.45) is 7.23. The third kappa shape index (κ3) is 4.80. The van der Waals surface area contributed by atoms with Gasteiger partial charge in [0.05, 0.1) is 16.8 Å². The zero-order valence-electron chi connectivity index (χ0n) is 12.6. The highest BCUT2D eigenvalue weighted by atomic mass is 79.9. The Morgan fingerprint density at radius 1 is 1.43 bits per heavy atom. The molecule has 21 heavy (non-hydrogen) atoms. The number of carbonyl (C=O) groups excluding carboxylic acids is 1. The topological polar surface area (TPSA) is 52.3 Å². The van der Waals surface area contributed by atoms with Crippen molar-refractivity contribution in [1.82, 2.24) is 0 Å². The van der Waals surface area contributed by atoms with Gasteiger partial charge in [-0.25, -0.2) is 0 Å². The Morgan fingerprint density at radius 3 is 2.71 bits per heavy atom. The average Bonchev–Trinajstić information content (AvgIpc) is 2.86. The fraction of sp³-hybridized carbons (Fsp3) is 0.688. The van der Waals surface area contributed by atoms with Crippen LogP contribution in [0, 0.1) is 5.41 Å². The van der Waals surface area contributed by atoms with Crippen LogP contribution in [0.5, 0.6) is 0 Å². The molecule has 3 nitrogen and oxygen atoms in total. The molecule has 0 saturated heterocycles. The van der Waals surface area contributed by atoms with Gasteiger partial charge in [-0.3, -0.25) is 4.79 Å². The van der Waals surface area contributed by atoms with Gasteiger partial charge in [0.25, 0.3) is 0 Å². The molecule has 2 rings (SSSR count). The van der Waals surface area contributed by atoms with Crippen LogP contribution in [0.3, 0.4) is 0 Å². The van der Waals surface area contributed by atoms with Gasteiger partial charge in [0.15, 0.2) is 0 Å². The van der Waals surface area contributed by atoms with Crippen molar-refractivity contribution in [2.75, 3.05) is 6.61 Å². The standard InChI is InChI=1S/C16H24BrNO2S/c1-2-20-15(19)11-16(8-4-3-5-9-16)10-12(18)13-6-7-14(17)21-13/h6-7,12H,2-5,8-11,18H2,1H3. The maximum Gasteiger partial charge on any atom is 0.306 e. The van der Waals surface area contributed by atoms with Crippen molar-refractivity contribution in [3.63, 3.8) is 0 Å². The van der Waals surface area contributed by atoms with Crippen LogP contribution >= 0.6 is 27.3 Å². The molecule has 0 spiro atoms. The van der Waals surface area contributed by atoms with E-state index in [1.165, 1.54) is 24.1 Å². The zero-order valence-corrected chi connectivity index (χ0v) is 15.0. The van der Waals surface area contributed by atoms with Crippen LogP contribution in [-0.2, 0) is 9.53 Å². The Labute approximate surface area is 139 Å². The van der Waals surface area contributed by atoms with E-state index in [-0.39, 0.29) is 17.4 Å². The van der Waals surface area contributed by atoms with Crippen molar-refractivity contribution in [3.8, 4) is 0 Å². The van der Waals surface area contributed by atoms with E-state index in [4.69, 9.17) is 10.5 Å². The normalized spacial score (nSPS) is 19.2. The number of hydrogen-bond donors (Lipinski definition) is 1. The molecule has 0 radical (unpaired) electrons. The lowest BCUT2D eigenvalue weighted by Gasteiger charge is -2.38. The first-order valence-electron chi connectivity index (χ1n) is 7.71. The molecular weight excluding hydrogens is 350 g/mol. The Bertz CT molecular complexity index is 469. The van der Waals surface area contributed by atoms with Gasteiger partial charge in [-0.1, -0.05) is 19.3 Å². The number of thiophene rings is 1. The maximum atomic E-state index is 12.0. The summed E-state index contributed by atoms with van der Waals surface area (Å²) >= 11 is 5.18. The van der Waals surface area contributed by atoms with E-state index in [0.29, 0.717) is 13.0 Å². The van der Waals surface area contributed by atoms with E-state index in [9.17, 15) is 4.79 Å². The van der Waals surface area contributed by atoms with Crippen LogP contribution < -0.4 is 5.73 Å². The molecule has 5 heteroatoms. The van der Waals surface area contributed by atoms with Gasteiger partial charge in [0, 0.05) is 10.9 Å². The third-order valence-electron chi connectivity index (χ3n) is 4.35. The number of halogens is 1. The summed E-state index contributed by atoms with van der Waals surface area (Å²) < 4.78 is 6.28. The quantitative estimate of drug-likeness (QED) is 0.728. The summed E-state index contributed by atoms with van der Waals surface area (Å²) in [4.78, 5) is 13.2. The Hall–Kier alpha value is -0.390. The molecule has 1 atom stereocenters. The van der Waals surface area contributed by atoms with Crippen molar-refractivity contribution >= 4 is 33.2 Å². The Balaban J connectivity index is 2.06. The summed E-state index contributed by atoms with van der Waals surface area (Å²) in [5.74, 6) is -0.0704. The van der Waals surface area contributed by atoms with Crippen LogP contribution in [0.25, 0.3) is 0 Å². The van der Waals surface area contributed by atoms with Gasteiger partial charge < -0.3 is 10.5 Å². The summed E-state index contributed by atoms with van der Waals surface area (Å²) in [5.41, 5.74) is 6.44. The van der Waals surface area contributed by atoms with Gasteiger partial charge in [0.1, 0.15) is 0 Å². The van der Waals surface area contributed by atoms with Gasteiger partial charge in [-0.2, -0.15) is 0 Å². The number of nitrogens with two attached hydrogens (primary N) is 1. The molecule has 0 aromatic carbocycles. The van der Waals surface area contributed by atoms with Crippen molar-refractivity contribution in [2.24, 2.45) is 11.1 Å². The predicted octanol–water partition coefficient (Wildman–Crippen LogP) is 4.80. The minimum absolute atomic E-state index is 0.00817. The number of esters is 1. The van der Waals surface area contributed by atoms with Crippen LogP contribution in [0.4, 0.5) is 0 Å². The lowest BCUT2D eigenvalue weighted by atomic mass is 9.68. The minimum atomic E-state index is -0.0704. The van der Waals surface area contributed by atoms with Gasteiger partial charge in [-0.05, 0) is 59.7 Å².